The minimum absolute atomic E-state index is 0.206. The molecule has 0 saturated carbocycles. The van der Waals surface area contributed by atoms with Crippen LogP contribution < -0.4 is 0 Å². The van der Waals surface area contributed by atoms with Gasteiger partial charge in [0.25, 0.3) is 0 Å². The maximum Gasteiger partial charge on any atom is 0.421 e. The molecule has 2 nitrogen and oxygen atoms in total. The summed E-state index contributed by atoms with van der Waals surface area (Å²) < 4.78 is 41.7. The fourth-order valence-corrected chi connectivity index (χ4v) is 3.75. The summed E-state index contributed by atoms with van der Waals surface area (Å²) in [5, 5.41) is 10.7. The molecule has 1 aromatic heterocycles. The summed E-state index contributed by atoms with van der Waals surface area (Å²) >= 11 is 4.70. The molecule has 1 unspecified atom stereocenters. The van der Waals surface area contributed by atoms with Crippen molar-refractivity contribution < 1.29 is 18.3 Å². The summed E-state index contributed by atoms with van der Waals surface area (Å²) in [5.41, 5.74) is -2.53. The number of alkyl halides is 3. The molecule has 0 amide bonds. The van der Waals surface area contributed by atoms with Crippen LogP contribution in [0.2, 0.25) is 0 Å². The highest BCUT2D eigenvalue weighted by molar-refractivity contribution is 9.10. The second-order valence-electron chi connectivity index (χ2n) is 5.51. The minimum atomic E-state index is -4.76. The van der Waals surface area contributed by atoms with Gasteiger partial charge in [0.2, 0.25) is 0 Å². The number of rotatable bonds is 3. The van der Waals surface area contributed by atoms with E-state index in [-0.39, 0.29) is 5.56 Å². The monoisotopic (exact) mass is 415 g/mol. The average molecular weight is 416 g/mol. The molecule has 3 rings (SSSR count). The lowest BCUT2D eigenvalue weighted by molar-refractivity contribution is -0.258. The van der Waals surface area contributed by atoms with Crippen molar-refractivity contribution in [2.24, 2.45) is 0 Å². The number of hydrogen-bond donors (Lipinski definition) is 1. The van der Waals surface area contributed by atoms with Crippen LogP contribution >= 0.6 is 27.9 Å². The van der Waals surface area contributed by atoms with Crippen molar-refractivity contribution in [1.29, 1.82) is 0 Å². The van der Waals surface area contributed by atoms with Crippen LogP contribution in [0.3, 0.4) is 0 Å². The third kappa shape index (κ3) is 3.08. The number of hydrogen-bond acceptors (Lipinski definition) is 2. The topological polar surface area (TPSA) is 25.2 Å². The highest BCUT2D eigenvalue weighted by Crippen LogP contribution is 2.41. The Balaban J connectivity index is 2.11. The van der Waals surface area contributed by atoms with Crippen LogP contribution in [0.4, 0.5) is 13.2 Å². The lowest BCUT2D eigenvalue weighted by Crippen LogP contribution is -2.39. The van der Waals surface area contributed by atoms with Gasteiger partial charge in [0.1, 0.15) is 0 Å². The van der Waals surface area contributed by atoms with Gasteiger partial charge in [0.15, 0.2) is 5.60 Å². The van der Waals surface area contributed by atoms with Gasteiger partial charge in [-0.25, -0.2) is 0 Å². The average Bonchev–Trinajstić information content (AvgIpc) is 2.91. The molecule has 0 aliphatic carbocycles. The van der Waals surface area contributed by atoms with Crippen LogP contribution in [0, 0.1) is 0 Å². The van der Waals surface area contributed by atoms with Crippen molar-refractivity contribution >= 4 is 38.8 Å². The Morgan fingerprint density at radius 3 is 2.38 bits per heavy atom. The van der Waals surface area contributed by atoms with Gasteiger partial charge in [-0.15, -0.1) is 0 Å². The first-order valence-corrected chi connectivity index (χ1v) is 8.60. The standard InChI is InChI=1S/C17H13BrF3NOS/c1-16(23,17(19,20)21)11-9-14(18)13-7-8-22(15(13)10-11)24-12-5-3-2-4-6-12/h2-10,23H,1H3. The second kappa shape index (κ2) is 6.13. The van der Waals surface area contributed by atoms with Gasteiger partial charge >= 0.3 is 6.18 Å². The number of aliphatic hydroxyl groups is 1. The first-order valence-electron chi connectivity index (χ1n) is 7.04. The molecule has 0 saturated heterocycles. The van der Waals surface area contributed by atoms with E-state index in [2.05, 4.69) is 15.9 Å². The summed E-state index contributed by atoms with van der Waals surface area (Å²) in [5.74, 6) is 0. The van der Waals surface area contributed by atoms with Crippen molar-refractivity contribution in [2.45, 2.75) is 23.6 Å². The zero-order chi connectivity index (χ0) is 17.5. The largest absolute Gasteiger partial charge is 0.421 e. The molecule has 1 atom stereocenters. The van der Waals surface area contributed by atoms with Gasteiger partial charge in [-0.1, -0.05) is 34.1 Å². The molecule has 126 valence electrons. The fraction of sp³-hybridized carbons (Fsp3) is 0.176. The Morgan fingerprint density at radius 2 is 1.75 bits per heavy atom. The summed E-state index contributed by atoms with van der Waals surface area (Å²) in [7, 11) is 0. The molecule has 0 spiro atoms. The van der Waals surface area contributed by atoms with E-state index in [1.165, 1.54) is 24.1 Å². The number of halogens is 4. The third-order valence-corrected chi connectivity index (χ3v) is 5.44. The zero-order valence-corrected chi connectivity index (χ0v) is 14.9. The predicted octanol–water partition coefficient (Wildman–Crippen LogP) is 5.73. The highest BCUT2D eigenvalue weighted by Gasteiger charge is 2.51. The van der Waals surface area contributed by atoms with E-state index in [9.17, 15) is 18.3 Å². The molecule has 7 heteroatoms. The van der Waals surface area contributed by atoms with Crippen LogP contribution in [-0.4, -0.2) is 15.3 Å². The summed E-state index contributed by atoms with van der Waals surface area (Å²) in [6.45, 7) is 0.762. The Morgan fingerprint density at radius 1 is 1.08 bits per heavy atom. The molecule has 3 aromatic rings. The third-order valence-electron chi connectivity index (χ3n) is 3.78. The van der Waals surface area contributed by atoms with E-state index in [0.29, 0.717) is 9.99 Å². The van der Waals surface area contributed by atoms with Gasteiger partial charge in [0, 0.05) is 21.0 Å². The number of nitrogens with zero attached hydrogens (tertiary/aromatic N) is 1. The Hall–Kier alpha value is -1.44. The molecule has 0 radical (unpaired) electrons. The first kappa shape index (κ1) is 17.4. The maximum absolute atomic E-state index is 13.1. The van der Waals surface area contributed by atoms with Crippen LogP contribution in [0.15, 0.2) is 64.1 Å². The smallest absolute Gasteiger partial charge is 0.376 e. The Labute approximate surface area is 149 Å². The number of fused-ring (bicyclic) bond motifs is 1. The van der Waals surface area contributed by atoms with Gasteiger partial charge in [0.05, 0.1) is 5.52 Å². The van der Waals surface area contributed by atoms with E-state index in [0.717, 1.165) is 17.2 Å². The molecule has 0 fully saturated rings. The Bertz CT molecular complexity index is 875. The molecule has 0 bridgehead atoms. The number of benzene rings is 2. The molecule has 1 heterocycles. The van der Waals surface area contributed by atoms with Crippen molar-refractivity contribution in [2.75, 3.05) is 0 Å². The van der Waals surface area contributed by atoms with Crippen molar-refractivity contribution in [3.05, 3.63) is 64.8 Å². The van der Waals surface area contributed by atoms with E-state index in [1.807, 2.05) is 36.4 Å². The van der Waals surface area contributed by atoms with E-state index in [4.69, 9.17) is 0 Å². The van der Waals surface area contributed by atoms with Crippen LogP contribution in [0.5, 0.6) is 0 Å². The van der Waals surface area contributed by atoms with Crippen LogP contribution in [0.1, 0.15) is 12.5 Å². The maximum atomic E-state index is 13.1. The van der Waals surface area contributed by atoms with E-state index < -0.39 is 11.8 Å². The zero-order valence-electron chi connectivity index (χ0n) is 12.5. The van der Waals surface area contributed by atoms with Gasteiger partial charge in [-0.2, -0.15) is 13.2 Å². The van der Waals surface area contributed by atoms with Crippen LogP contribution in [-0.2, 0) is 5.60 Å². The van der Waals surface area contributed by atoms with Gasteiger partial charge < -0.3 is 5.11 Å². The van der Waals surface area contributed by atoms with Crippen molar-refractivity contribution in [3.63, 3.8) is 0 Å². The lowest BCUT2D eigenvalue weighted by atomic mass is 9.94. The second-order valence-corrected chi connectivity index (χ2v) is 7.41. The Kier molecular flexibility index (Phi) is 4.44. The summed E-state index contributed by atoms with van der Waals surface area (Å²) in [6.07, 6.45) is -2.97. The molecule has 24 heavy (non-hydrogen) atoms. The molecular formula is C17H13BrF3NOS. The SMILES string of the molecule is CC(O)(c1cc(Br)c2ccn(Sc3ccccc3)c2c1)C(F)(F)F. The highest BCUT2D eigenvalue weighted by atomic mass is 79.9. The van der Waals surface area contributed by atoms with E-state index >= 15 is 0 Å². The number of aromatic nitrogens is 1. The molecule has 1 N–H and O–H groups in total. The van der Waals surface area contributed by atoms with Crippen molar-refractivity contribution in [3.8, 4) is 0 Å². The van der Waals surface area contributed by atoms with E-state index in [1.54, 1.807) is 10.2 Å². The van der Waals surface area contributed by atoms with Gasteiger partial charge in [-0.3, -0.25) is 3.97 Å². The van der Waals surface area contributed by atoms with Gasteiger partial charge in [-0.05, 0) is 54.8 Å². The summed E-state index contributed by atoms with van der Waals surface area (Å²) in [6, 6.07) is 14.0. The van der Waals surface area contributed by atoms with Crippen LogP contribution in [0.25, 0.3) is 10.9 Å². The minimum Gasteiger partial charge on any atom is -0.376 e. The summed E-state index contributed by atoms with van der Waals surface area (Å²) in [4.78, 5) is 0.958. The molecule has 0 aliphatic heterocycles. The molecule has 0 aliphatic rings. The van der Waals surface area contributed by atoms with Crippen molar-refractivity contribution in [1.82, 2.24) is 3.97 Å². The fourth-order valence-electron chi connectivity index (χ4n) is 2.29. The molecular weight excluding hydrogens is 403 g/mol. The predicted molar refractivity (Wildman–Crippen MR) is 93.0 cm³/mol. The lowest BCUT2D eigenvalue weighted by Gasteiger charge is -2.27. The normalized spacial score (nSPS) is 14.8. The quantitative estimate of drug-likeness (QED) is 0.590. The molecule has 2 aromatic carbocycles. The first-order chi connectivity index (χ1) is 11.2.